The van der Waals surface area contributed by atoms with Crippen LogP contribution in [0, 0.1) is 5.41 Å². The number of ether oxygens (including phenoxy) is 2. The third kappa shape index (κ3) is 2.26. The molecule has 5 nitrogen and oxygen atoms in total. The van der Waals surface area contributed by atoms with Crippen LogP contribution in [0.4, 0.5) is 0 Å². The predicted octanol–water partition coefficient (Wildman–Crippen LogP) is 1.15. The molecule has 0 aromatic rings. The van der Waals surface area contributed by atoms with E-state index < -0.39 is 0 Å². The van der Waals surface area contributed by atoms with Crippen LogP contribution >= 0.6 is 0 Å². The maximum absolute atomic E-state index is 12.5. The Morgan fingerprint density at radius 3 is 2.50 bits per heavy atom. The van der Waals surface area contributed by atoms with E-state index in [0.29, 0.717) is 6.54 Å². The van der Waals surface area contributed by atoms with Gasteiger partial charge >= 0.3 is 0 Å². The van der Waals surface area contributed by atoms with Gasteiger partial charge in [0.2, 0.25) is 0 Å². The number of rotatable bonds is 4. The largest absolute Gasteiger partial charge is 0.378 e. The molecule has 4 atom stereocenters. The Morgan fingerprint density at radius 2 is 2.05 bits per heavy atom. The quantitative estimate of drug-likeness (QED) is 0.841. The first-order chi connectivity index (χ1) is 9.26. The van der Waals surface area contributed by atoms with Crippen LogP contribution in [0.15, 0.2) is 0 Å². The molecule has 0 aromatic carbocycles. The Balaban J connectivity index is 1.99. The molecule has 1 saturated heterocycles. The van der Waals surface area contributed by atoms with E-state index in [9.17, 15) is 4.79 Å². The van der Waals surface area contributed by atoms with Gasteiger partial charge in [-0.05, 0) is 26.2 Å². The molecular formula is C15H28N2O3. The van der Waals surface area contributed by atoms with Gasteiger partial charge in [-0.15, -0.1) is 0 Å². The second-order valence-corrected chi connectivity index (χ2v) is 6.89. The van der Waals surface area contributed by atoms with E-state index in [4.69, 9.17) is 15.2 Å². The molecule has 1 aliphatic heterocycles. The Bertz CT molecular complexity index is 385. The van der Waals surface area contributed by atoms with E-state index >= 15 is 0 Å². The van der Waals surface area contributed by atoms with Crippen LogP contribution in [0.25, 0.3) is 0 Å². The molecule has 1 aliphatic carbocycles. The summed E-state index contributed by atoms with van der Waals surface area (Å²) >= 11 is 0. The lowest BCUT2D eigenvalue weighted by Gasteiger charge is -2.61. The number of carbonyl (C=O) groups excluding carboxylic acids is 1. The van der Waals surface area contributed by atoms with Crippen LogP contribution in [0.1, 0.15) is 40.0 Å². The summed E-state index contributed by atoms with van der Waals surface area (Å²) in [5, 5.41) is 0. The van der Waals surface area contributed by atoms with E-state index in [0.717, 1.165) is 19.3 Å². The van der Waals surface area contributed by atoms with Crippen molar-refractivity contribution >= 4 is 5.91 Å². The van der Waals surface area contributed by atoms with Crippen molar-refractivity contribution in [3.63, 3.8) is 0 Å². The molecule has 1 amide bonds. The average molecular weight is 284 g/mol. The Kier molecular flexibility index (Phi) is 4.15. The van der Waals surface area contributed by atoms with Crippen molar-refractivity contribution in [2.75, 3.05) is 20.7 Å². The summed E-state index contributed by atoms with van der Waals surface area (Å²) in [4.78, 5) is 14.4. The molecule has 0 aromatic heterocycles. The second-order valence-electron chi connectivity index (χ2n) is 6.89. The van der Waals surface area contributed by atoms with Gasteiger partial charge in [0.1, 0.15) is 6.10 Å². The first-order valence-electron chi connectivity index (χ1n) is 7.44. The Labute approximate surface area is 121 Å². The topological polar surface area (TPSA) is 64.8 Å². The van der Waals surface area contributed by atoms with E-state index in [2.05, 4.69) is 20.8 Å². The van der Waals surface area contributed by atoms with E-state index in [1.807, 2.05) is 11.9 Å². The van der Waals surface area contributed by atoms with Gasteiger partial charge in [-0.1, -0.05) is 13.8 Å². The number of nitrogens with zero attached hydrogens (tertiary/aromatic N) is 1. The summed E-state index contributed by atoms with van der Waals surface area (Å²) < 4.78 is 11.3. The van der Waals surface area contributed by atoms with Gasteiger partial charge < -0.3 is 20.1 Å². The van der Waals surface area contributed by atoms with Gasteiger partial charge in [0.05, 0.1) is 11.7 Å². The monoisotopic (exact) mass is 284 g/mol. The number of likely N-dealkylation sites (N-methyl/N-ethyl adjacent to an activating group) is 1. The highest BCUT2D eigenvalue weighted by molar-refractivity contribution is 5.81. The third-order valence-corrected chi connectivity index (χ3v) is 5.69. The van der Waals surface area contributed by atoms with Gasteiger partial charge in [-0.3, -0.25) is 4.79 Å². The maximum Gasteiger partial charge on any atom is 0.251 e. The molecule has 2 aliphatic rings. The summed E-state index contributed by atoms with van der Waals surface area (Å²) in [6.45, 7) is 6.92. The molecule has 0 bridgehead atoms. The first kappa shape index (κ1) is 15.7. The lowest BCUT2D eigenvalue weighted by Crippen LogP contribution is -2.69. The molecule has 1 saturated carbocycles. The number of carbonyl (C=O) groups is 1. The summed E-state index contributed by atoms with van der Waals surface area (Å²) in [6, 6.07) is 0.195. The number of nitrogens with two attached hydrogens (primary N) is 1. The van der Waals surface area contributed by atoms with Crippen molar-refractivity contribution in [2.24, 2.45) is 11.1 Å². The van der Waals surface area contributed by atoms with Crippen LogP contribution < -0.4 is 5.73 Å². The smallest absolute Gasteiger partial charge is 0.251 e. The number of methoxy groups -OCH3 is 1. The zero-order valence-electron chi connectivity index (χ0n) is 13.3. The Hall–Kier alpha value is -0.650. The van der Waals surface area contributed by atoms with Gasteiger partial charge in [-0.2, -0.15) is 0 Å². The van der Waals surface area contributed by atoms with Crippen LogP contribution in [-0.4, -0.2) is 55.4 Å². The molecule has 116 valence electrons. The summed E-state index contributed by atoms with van der Waals surface area (Å²) in [6.07, 6.45) is 2.24. The van der Waals surface area contributed by atoms with Gasteiger partial charge in [0.15, 0.2) is 0 Å². The van der Waals surface area contributed by atoms with E-state index in [1.165, 1.54) is 0 Å². The fourth-order valence-electron chi connectivity index (χ4n) is 3.52. The number of hydrogen-bond donors (Lipinski definition) is 1. The maximum atomic E-state index is 12.5. The predicted molar refractivity (Wildman–Crippen MR) is 77.3 cm³/mol. The molecule has 2 N–H and O–H groups in total. The van der Waals surface area contributed by atoms with Crippen LogP contribution in [0.5, 0.6) is 0 Å². The second kappa shape index (κ2) is 5.28. The molecule has 20 heavy (non-hydrogen) atoms. The van der Waals surface area contributed by atoms with Crippen LogP contribution in [0.3, 0.4) is 0 Å². The standard InChI is InChI=1S/C15H28N2O3/c1-14(2)12(8-15(14,3)19-5)17(4)13(18)11-7-6-10(9-16)20-11/h10-12H,6-9,16H2,1-5H3/t10-,11+,12?,15?/m1/s1. The van der Waals surface area contributed by atoms with Crippen molar-refractivity contribution in [2.45, 2.75) is 63.9 Å². The van der Waals surface area contributed by atoms with Crippen molar-refractivity contribution in [1.82, 2.24) is 4.90 Å². The van der Waals surface area contributed by atoms with Crippen molar-refractivity contribution in [1.29, 1.82) is 0 Å². The van der Waals surface area contributed by atoms with E-state index in [1.54, 1.807) is 7.11 Å². The minimum Gasteiger partial charge on any atom is -0.378 e. The molecule has 0 radical (unpaired) electrons. The zero-order valence-corrected chi connectivity index (χ0v) is 13.3. The lowest BCUT2D eigenvalue weighted by atomic mass is 9.55. The molecular weight excluding hydrogens is 256 g/mol. The summed E-state index contributed by atoms with van der Waals surface area (Å²) in [5.74, 6) is 0.0807. The van der Waals surface area contributed by atoms with Crippen molar-refractivity contribution < 1.29 is 14.3 Å². The first-order valence-corrected chi connectivity index (χ1v) is 7.44. The van der Waals surface area contributed by atoms with E-state index in [-0.39, 0.29) is 35.2 Å². The molecule has 0 spiro atoms. The fourth-order valence-corrected chi connectivity index (χ4v) is 3.52. The molecule has 1 heterocycles. The summed E-state index contributed by atoms with van der Waals surface area (Å²) in [5.41, 5.74) is 5.38. The minimum absolute atomic E-state index is 0.0380. The minimum atomic E-state index is -0.321. The van der Waals surface area contributed by atoms with Gasteiger partial charge in [0.25, 0.3) is 5.91 Å². The number of amides is 1. The fraction of sp³-hybridized carbons (Fsp3) is 0.933. The van der Waals surface area contributed by atoms with Gasteiger partial charge in [-0.25, -0.2) is 0 Å². The zero-order chi connectivity index (χ0) is 15.1. The number of hydrogen-bond acceptors (Lipinski definition) is 4. The third-order valence-electron chi connectivity index (χ3n) is 5.69. The van der Waals surface area contributed by atoms with Crippen LogP contribution in [0.2, 0.25) is 0 Å². The SMILES string of the molecule is COC1(C)CC(N(C)C(=O)[C@@H]2CC[C@H](CN)O2)C1(C)C. The molecule has 5 heteroatoms. The van der Waals surface area contributed by atoms with Crippen molar-refractivity contribution in [3.8, 4) is 0 Å². The van der Waals surface area contributed by atoms with Crippen LogP contribution in [-0.2, 0) is 14.3 Å². The normalized spacial score (nSPS) is 39.4. The lowest BCUT2D eigenvalue weighted by molar-refractivity contribution is -0.210. The molecule has 2 fully saturated rings. The molecule has 2 rings (SSSR count). The summed E-state index contributed by atoms with van der Waals surface area (Å²) in [7, 11) is 3.62. The highest BCUT2D eigenvalue weighted by atomic mass is 16.5. The highest BCUT2D eigenvalue weighted by Gasteiger charge is 2.60. The van der Waals surface area contributed by atoms with Gasteiger partial charge in [0, 0.05) is 32.2 Å². The molecule has 2 unspecified atom stereocenters. The van der Waals surface area contributed by atoms with Crippen molar-refractivity contribution in [3.05, 3.63) is 0 Å². The average Bonchev–Trinajstić information content (AvgIpc) is 2.91. The Morgan fingerprint density at radius 1 is 1.40 bits per heavy atom. The highest BCUT2D eigenvalue weighted by Crippen LogP contribution is 2.53.